The number of sulfonamides is 1. The van der Waals surface area contributed by atoms with E-state index in [4.69, 9.17) is 9.47 Å². The molecule has 1 atom stereocenters. The molecule has 194 valence electrons. The van der Waals surface area contributed by atoms with E-state index in [2.05, 4.69) is 10.3 Å². The van der Waals surface area contributed by atoms with E-state index in [9.17, 15) is 18.3 Å². The maximum Gasteiger partial charge on any atom is 0.243 e. The first-order valence-corrected chi connectivity index (χ1v) is 13.8. The Morgan fingerprint density at radius 1 is 1.11 bits per heavy atom. The number of pyridine rings is 1. The number of carbonyl (C=O) groups excluding carboxylic acids is 1. The molecule has 6 rings (SSSR count). The third-order valence-electron chi connectivity index (χ3n) is 7.39. The second-order valence-electron chi connectivity index (χ2n) is 9.63. The Morgan fingerprint density at radius 2 is 1.89 bits per heavy atom. The van der Waals surface area contributed by atoms with Crippen molar-refractivity contribution >= 4 is 21.7 Å². The average molecular weight is 524 g/mol. The molecule has 1 amide bonds. The van der Waals surface area contributed by atoms with E-state index >= 15 is 0 Å². The Bertz CT molecular complexity index is 1460. The summed E-state index contributed by atoms with van der Waals surface area (Å²) >= 11 is 0. The highest BCUT2D eigenvalue weighted by Gasteiger charge is 2.51. The minimum atomic E-state index is -3.68. The average Bonchev–Trinajstić information content (AvgIpc) is 3.35. The van der Waals surface area contributed by atoms with Gasteiger partial charge in [-0.15, -0.1) is 0 Å². The molecule has 0 radical (unpaired) electrons. The van der Waals surface area contributed by atoms with Crippen molar-refractivity contribution in [2.45, 2.75) is 42.0 Å². The molecule has 0 bridgehead atoms. The minimum Gasteiger partial charge on any atom is -0.454 e. The predicted octanol–water partition coefficient (Wildman–Crippen LogP) is 3.54. The topological polar surface area (TPSA) is 118 Å². The van der Waals surface area contributed by atoms with Gasteiger partial charge in [0.25, 0.3) is 0 Å². The van der Waals surface area contributed by atoms with Crippen LogP contribution in [0, 0.1) is 0 Å². The first-order valence-electron chi connectivity index (χ1n) is 12.3. The van der Waals surface area contributed by atoms with Crippen LogP contribution >= 0.6 is 0 Å². The Kier molecular flexibility index (Phi) is 5.89. The standard InChI is InChI=1S/C27H27N3O6S.H2/c31-16-20-3-2-14-30(20)37(33,34)21-9-6-18(7-10-21)22-4-1-5-25(28-22)29-26(32)27(12-13-27)19-8-11-23-24(15-19)36-17-35-23;/h1,4-11,15,20,31H,2-3,12-14,16-17H2,(H,28,29,32);1H/t20-;/m1./s1. The molecule has 3 aliphatic rings. The van der Waals surface area contributed by atoms with Crippen molar-refractivity contribution in [3.63, 3.8) is 0 Å². The number of rotatable bonds is 7. The SMILES string of the molecule is O=C(Nc1cccc(-c2ccc(S(=O)(=O)N3CCC[C@@H]3CO)cc2)n1)C1(c2ccc3c(c2)OCO3)CC1.[HH]. The number of hydrogen-bond acceptors (Lipinski definition) is 7. The van der Waals surface area contributed by atoms with Crippen molar-refractivity contribution in [2.75, 3.05) is 25.3 Å². The van der Waals surface area contributed by atoms with Gasteiger partial charge in [-0.2, -0.15) is 4.31 Å². The molecule has 0 spiro atoms. The van der Waals surface area contributed by atoms with Gasteiger partial charge in [0.05, 0.1) is 22.6 Å². The number of anilines is 1. The number of hydrogen-bond donors (Lipinski definition) is 2. The smallest absolute Gasteiger partial charge is 0.243 e. The third-order valence-corrected chi connectivity index (χ3v) is 9.36. The van der Waals surface area contributed by atoms with E-state index in [0.717, 1.165) is 30.4 Å². The zero-order chi connectivity index (χ0) is 25.6. The molecular weight excluding hydrogens is 494 g/mol. The maximum absolute atomic E-state index is 13.3. The second kappa shape index (κ2) is 9.13. The van der Waals surface area contributed by atoms with Gasteiger partial charge in [-0.25, -0.2) is 13.4 Å². The van der Waals surface area contributed by atoms with Crippen molar-refractivity contribution in [3.8, 4) is 22.8 Å². The fraction of sp³-hybridized carbons (Fsp3) is 0.333. The molecule has 1 aliphatic carbocycles. The molecule has 2 N–H and O–H groups in total. The summed E-state index contributed by atoms with van der Waals surface area (Å²) in [6.45, 7) is 0.408. The van der Waals surface area contributed by atoms with Gasteiger partial charge in [0.1, 0.15) is 5.82 Å². The van der Waals surface area contributed by atoms with Gasteiger partial charge in [-0.3, -0.25) is 4.79 Å². The summed E-state index contributed by atoms with van der Waals surface area (Å²) in [6.07, 6.45) is 2.87. The highest BCUT2D eigenvalue weighted by Crippen LogP contribution is 2.51. The monoisotopic (exact) mass is 523 g/mol. The van der Waals surface area contributed by atoms with Crippen LogP contribution in [-0.2, 0) is 20.2 Å². The number of fused-ring (bicyclic) bond motifs is 1. The van der Waals surface area contributed by atoms with Gasteiger partial charge in [-0.1, -0.05) is 24.3 Å². The molecule has 1 saturated carbocycles. The minimum absolute atomic E-state index is 0. The molecule has 1 aromatic heterocycles. The summed E-state index contributed by atoms with van der Waals surface area (Å²) in [6, 6.07) is 17.1. The summed E-state index contributed by atoms with van der Waals surface area (Å²) in [5.41, 5.74) is 1.62. The molecule has 37 heavy (non-hydrogen) atoms. The van der Waals surface area contributed by atoms with Crippen molar-refractivity contribution in [3.05, 3.63) is 66.2 Å². The van der Waals surface area contributed by atoms with Crippen LogP contribution in [0.5, 0.6) is 11.5 Å². The van der Waals surface area contributed by atoms with Gasteiger partial charge in [0.15, 0.2) is 11.5 Å². The molecule has 9 nitrogen and oxygen atoms in total. The van der Waals surface area contributed by atoms with Crippen molar-refractivity contribution in [1.82, 2.24) is 9.29 Å². The van der Waals surface area contributed by atoms with Crippen LogP contribution < -0.4 is 14.8 Å². The van der Waals surface area contributed by atoms with Gasteiger partial charge in [-0.05, 0) is 67.6 Å². The quantitative estimate of drug-likeness (QED) is 0.486. The van der Waals surface area contributed by atoms with Crippen LogP contribution in [0.3, 0.4) is 0 Å². The number of aromatic nitrogens is 1. The molecular formula is C27H29N3O6S. The van der Waals surface area contributed by atoms with E-state index < -0.39 is 15.4 Å². The Balaban J connectivity index is 0.00000294. The van der Waals surface area contributed by atoms with Gasteiger partial charge in [0, 0.05) is 19.6 Å². The van der Waals surface area contributed by atoms with Crippen molar-refractivity contribution in [2.24, 2.45) is 0 Å². The summed E-state index contributed by atoms with van der Waals surface area (Å²) < 4.78 is 38.3. The number of benzene rings is 2. The van der Waals surface area contributed by atoms with E-state index in [0.29, 0.717) is 36.0 Å². The van der Waals surface area contributed by atoms with Crippen LogP contribution in [0.25, 0.3) is 11.3 Å². The predicted molar refractivity (Wildman–Crippen MR) is 138 cm³/mol. The number of ether oxygens (including phenoxy) is 2. The van der Waals surface area contributed by atoms with E-state index in [-0.39, 0.29) is 31.7 Å². The van der Waals surface area contributed by atoms with Crippen LogP contribution in [-0.4, -0.2) is 54.7 Å². The summed E-state index contributed by atoms with van der Waals surface area (Å²) in [5.74, 6) is 1.64. The fourth-order valence-corrected chi connectivity index (χ4v) is 6.79. The van der Waals surface area contributed by atoms with Gasteiger partial charge in [0.2, 0.25) is 22.7 Å². The van der Waals surface area contributed by atoms with Crippen LogP contribution in [0.4, 0.5) is 5.82 Å². The second-order valence-corrected chi connectivity index (χ2v) is 11.5. The molecule has 0 unspecified atom stereocenters. The van der Waals surface area contributed by atoms with Gasteiger partial charge >= 0.3 is 0 Å². The number of carbonyl (C=O) groups is 1. The highest BCUT2D eigenvalue weighted by molar-refractivity contribution is 7.89. The van der Waals surface area contributed by atoms with Crippen LogP contribution in [0.2, 0.25) is 0 Å². The lowest BCUT2D eigenvalue weighted by Gasteiger charge is -2.22. The first-order chi connectivity index (χ1) is 17.9. The van der Waals surface area contributed by atoms with Crippen LogP contribution in [0.15, 0.2) is 65.6 Å². The summed E-state index contributed by atoms with van der Waals surface area (Å²) in [7, 11) is -3.68. The lowest BCUT2D eigenvalue weighted by Crippen LogP contribution is -2.37. The molecule has 3 heterocycles. The molecule has 3 aromatic rings. The Labute approximate surface area is 216 Å². The summed E-state index contributed by atoms with van der Waals surface area (Å²) in [5, 5.41) is 12.5. The lowest BCUT2D eigenvalue weighted by molar-refractivity contribution is -0.118. The third kappa shape index (κ3) is 4.24. The summed E-state index contributed by atoms with van der Waals surface area (Å²) in [4.78, 5) is 18.0. The number of aliphatic hydroxyl groups is 1. The molecule has 2 aliphatic heterocycles. The fourth-order valence-electron chi connectivity index (χ4n) is 5.11. The Morgan fingerprint density at radius 3 is 2.65 bits per heavy atom. The maximum atomic E-state index is 13.3. The number of amides is 1. The van der Waals surface area contributed by atoms with Crippen molar-refractivity contribution in [1.29, 1.82) is 0 Å². The van der Waals surface area contributed by atoms with Crippen LogP contribution in [0.1, 0.15) is 32.7 Å². The van der Waals surface area contributed by atoms with E-state index in [1.165, 1.54) is 4.31 Å². The normalized spacial score (nSPS) is 20.1. The van der Waals surface area contributed by atoms with E-state index in [1.807, 2.05) is 24.3 Å². The number of aliphatic hydroxyl groups excluding tert-OH is 1. The molecule has 2 fully saturated rings. The van der Waals surface area contributed by atoms with Crippen molar-refractivity contribution < 1.29 is 29.2 Å². The molecule has 2 aromatic carbocycles. The largest absolute Gasteiger partial charge is 0.454 e. The van der Waals surface area contributed by atoms with Gasteiger partial charge < -0.3 is 19.9 Å². The molecule has 1 saturated heterocycles. The lowest BCUT2D eigenvalue weighted by atomic mass is 9.94. The van der Waals surface area contributed by atoms with E-state index in [1.54, 1.807) is 36.4 Å². The number of nitrogens with zero attached hydrogens (tertiary/aromatic N) is 2. The first kappa shape index (κ1) is 23.9. The zero-order valence-corrected chi connectivity index (χ0v) is 20.9. The highest BCUT2D eigenvalue weighted by atomic mass is 32.2. The Hall–Kier alpha value is -3.47. The molecule has 10 heteroatoms. The number of nitrogens with one attached hydrogen (secondary N) is 1. The zero-order valence-electron chi connectivity index (χ0n) is 20.1.